The van der Waals surface area contributed by atoms with Crippen molar-refractivity contribution in [2.75, 3.05) is 7.11 Å². The van der Waals surface area contributed by atoms with E-state index >= 15 is 0 Å². The highest BCUT2D eigenvalue weighted by atomic mass is 16.5. The molecule has 2 aromatic carbocycles. The van der Waals surface area contributed by atoms with Crippen molar-refractivity contribution in [3.05, 3.63) is 59.2 Å². The Morgan fingerprint density at radius 3 is 2.60 bits per heavy atom. The summed E-state index contributed by atoms with van der Waals surface area (Å²) in [7, 11) is 1.55. The van der Waals surface area contributed by atoms with E-state index in [-0.39, 0.29) is 11.8 Å². The second-order valence-electron chi connectivity index (χ2n) is 4.97. The summed E-state index contributed by atoms with van der Waals surface area (Å²) < 4.78 is 5.04. The first-order valence-corrected chi connectivity index (χ1v) is 6.76. The average molecular weight is 271 g/mol. The topological polar surface area (TPSA) is 41.5 Å². The molecule has 0 fully saturated rings. The van der Waals surface area contributed by atoms with Crippen LogP contribution in [0.2, 0.25) is 0 Å². The van der Waals surface area contributed by atoms with Gasteiger partial charge in [-0.3, -0.25) is 0 Å². The van der Waals surface area contributed by atoms with Gasteiger partial charge in [-0.15, -0.1) is 0 Å². The first-order valence-electron chi connectivity index (χ1n) is 6.76. The predicted octanol–water partition coefficient (Wildman–Crippen LogP) is 3.56. The minimum atomic E-state index is 0.176. The van der Waals surface area contributed by atoms with E-state index in [0.717, 1.165) is 5.56 Å². The molecule has 0 aromatic heterocycles. The fourth-order valence-corrected chi connectivity index (χ4v) is 2.30. The number of phenolic OH excluding ortho intramolecular Hbond substituents is 1. The number of aromatic hydroxyl groups is 1. The summed E-state index contributed by atoms with van der Waals surface area (Å²) in [6, 6.07) is 14.1. The molecule has 0 aliphatic heterocycles. The minimum Gasteiger partial charge on any atom is -0.504 e. The van der Waals surface area contributed by atoms with E-state index in [1.807, 2.05) is 12.1 Å². The van der Waals surface area contributed by atoms with Gasteiger partial charge in [0.1, 0.15) is 0 Å². The van der Waals surface area contributed by atoms with Gasteiger partial charge in [0.2, 0.25) is 0 Å². The number of nitrogens with one attached hydrogen (secondary N) is 1. The van der Waals surface area contributed by atoms with Crippen LogP contribution in [-0.4, -0.2) is 12.2 Å². The lowest BCUT2D eigenvalue weighted by Crippen LogP contribution is -2.18. The number of aryl methyl sites for hydroxylation is 1. The van der Waals surface area contributed by atoms with Gasteiger partial charge in [0.05, 0.1) is 7.11 Å². The van der Waals surface area contributed by atoms with Crippen molar-refractivity contribution in [3.63, 3.8) is 0 Å². The summed E-state index contributed by atoms with van der Waals surface area (Å²) in [5, 5.41) is 13.2. The molecule has 0 radical (unpaired) electrons. The van der Waals surface area contributed by atoms with Gasteiger partial charge in [-0.05, 0) is 42.7 Å². The van der Waals surface area contributed by atoms with Crippen LogP contribution < -0.4 is 10.1 Å². The van der Waals surface area contributed by atoms with Gasteiger partial charge in [-0.25, -0.2) is 0 Å². The van der Waals surface area contributed by atoms with Crippen LogP contribution in [0.3, 0.4) is 0 Å². The fraction of sp³-hybridized carbons (Fsp3) is 0.294. The van der Waals surface area contributed by atoms with Crippen molar-refractivity contribution in [2.45, 2.75) is 26.4 Å². The van der Waals surface area contributed by atoms with Crippen molar-refractivity contribution in [2.24, 2.45) is 0 Å². The SMILES string of the molecule is COc1ccc(CN[C@H](C)c2ccccc2C)cc1O. The van der Waals surface area contributed by atoms with Gasteiger partial charge in [-0.1, -0.05) is 30.3 Å². The Labute approximate surface area is 120 Å². The zero-order chi connectivity index (χ0) is 14.5. The summed E-state index contributed by atoms with van der Waals surface area (Å²) in [6.45, 7) is 4.96. The largest absolute Gasteiger partial charge is 0.504 e. The van der Waals surface area contributed by atoms with Gasteiger partial charge in [0.15, 0.2) is 11.5 Å². The van der Waals surface area contributed by atoms with Gasteiger partial charge in [0, 0.05) is 12.6 Å². The van der Waals surface area contributed by atoms with E-state index in [1.165, 1.54) is 11.1 Å². The molecule has 0 spiro atoms. The van der Waals surface area contributed by atoms with Crippen LogP contribution in [0.4, 0.5) is 0 Å². The molecule has 2 N–H and O–H groups in total. The molecule has 3 heteroatoms. The molecule has 3 nitrogen and oxygen atoms in total. The van der Waals surface area contributed by atoms with Crippen molar-refractivity contribution in [1.29, 1.82) is 0 Å². The highest BCUT2D eigenvalue weighted by Crippen LogP contribution is 2.26. The van der Waals surface area contributed by atoms with Crippen LogP contribution >= 0.6 is 0 Å². The summed E-state index contributed by atoms with van der Waals surface area (Å²) in [5.41, 5.74) is 3.61. The van der Waals surface area contributed by atoms with Gasteiger partial charge >= 0.3 is 0 Å². The molecule has 0 aliphatic rings. The van der Waals surface area contributed by atoms with Gasteiger partial charge in [-0.2, -0.15) is 0 Å². The molecule has 0 heterocycles. The second-order valence-corrected chi connectivity index (χ2v) is 4.97. The highest BCUT2D eigenvalue weighted by Gasteiger charge is 2.08. The molecule has 0 aliphatic carbocycles. The van der Waals surface area contributed by atoms with E-state index in [2.05, 4.69) is 37.4 Å². The Bertz CT molecular complexity index is 581. The standard InChI is InChI=1S/C17H21NO2/c1-12-6-4-5-7-15(12)13(2)18-11-14-8-9-17(20-3)16(19)10-14/h4-10,13,18-19H,11H2,1-3H3/t13-/m1/s1. The zero-order valence-corrected chi connectivity index (χ0v) is 12.2. The number of benzene rings is 2. The third kappa shape index (κ3) is 3.31. The molecular formula is C17H21NO2. The van der Waals surface area contributed by atoms with Crippen molar-refractivity contribution >= 4 is 0 Å². The van der Waals surface area contributed by atoms with Crippen LogP contribution in [0.25, 0.3) is 0 Å². The molecule has 20 heavy (non-hydrogen) atoms. The van der Waals surface area contributed by atoms with Crippen molar-refractivity contribution in [1.82, 2.24) is 5.32 Å². The summed E-state index contributed by atoms with van der Waals surface area (Å²) in [5.74, 6) is 0.677. The molecule has 0 saturated carbocycles. The lowest BCUT2D eigenvalue weighted by molar-refractivity contribution is 0.373. The molecule has 2 rings (SSSR count). The Morgan fingerprint density at radius 1 is 1.20 bits per heavy atom. The van der Waals surface area contributed by atoms with E-state index < -0.39 is 0 Å². The minimum absolute atomic E-state index is 0.176. The maximum Gasteiger partial charge on any atom is 0.160 e. The van der Waals surface area contributed by atoms with E-state index in [0.29, 0.717) is 12.3 Å². The lowest BCUT2D eigenvalue weighted by atomic mass is 10.0. The van der Waals surface area contributed by atoms with Crippen LogP contribution in [0, 0.1) is 6.92 Å². The molecule has 106 valence electrons. The van der Waals surface area contributed by atoms with E-state index in [9.17, 15) is 5.11 Å². The summed E-state index contributed by atoms with van der Waals surface area (Å²) >= 11 is 0. The summed E-state index contributed by atoms with van der Waals surface area (Å²) in [6.07, 6.45) is 0. The van der Waals surface area contributed by atoms with Crippen molar-refractivity contribution in [3.8, 4) is 11.5 Å². The van der Waals surface area contributed by atoms with E-state index in [4.69, 9.17) is 4.74 Å². The number of hydrogen-bond acceptors (Lipinski definition) is 3. The third-order valence-electron chi connectivity index (χ3n) is 3.51. The van der Waals surface area contributed by atoms with Gasteiger partial charge in [0.25, 0.3) is 0 Å². The Kier molecular flexibility index (Phi) is 4.64. The van der Waals surface area contributed by atoms with E-state index in [1.54, 1.807) is 19.2 Å². The van der Waals surface area contributed by atoms with Gasteiger partial charge < -0.3 is 15.2 Å². The molecule has 1 atom stereocenters. The predicted molar refractivity (Wildman–Crippen MR) is 81.1 cm³/mol. The number of phenols is 1. The molecule has 0 unspecified atom stereocenters. The first kappa shape index (κ1) is 14.4. The monoisotopic (exact) mass is 271 g/mol. The highest BCUT2D eigenvalue weighted by molar-refractivity contribution is 5.41. The molecule has 2 aromatic rings. The molecule has 0 amide bonds. The average Bonchev–Trinajstić information content (AvgIpc) is 2.45. The Morgan fingerprint density at radius 2 is 1.95 bits per heavy atom. The van der Waals surface area contributed by atoms with Crippen LogP contribution in [0.1, 0.15) is 29.7 Å². The number of hydrogen-bond donors (Lipinski definition) is 2. The Balaban J connectivity index is 2.02. The molecule has 0 bridgehead atoms. The number of rotatable bonds is 5. The van der Waals surface area contributed by atoms with Crippen LogP contribution in [0.5, 0.6) is 11.5 Å². The van der Waals surface area contributed by atoms with Crippen LogP contribution in [-0.2, 0) is 6.54 Å². The maximum atomic E-state index is 9.76. The first-order chi connectivity index (χ1) is 9.61. The fourth-order valence-electron chi connectivity index (χ4n) is 2.30. The number of methoxy groups -OCH3 is 1. The zero-order valence-electron chi connectivity index (χ0n) is 12.2. The second kappa shape index (κ2) is 6.44. The molecular weight excluding hydrogens is 250 g/mol. The number of ether oxygens (including phenoxy) is 1. The quantitative estimate of drug-likeness (QED) is 0.873. The smallest absolute Gasteiger partial charge is 0.160 e. The lowest BCUT2D eigenvalue weighted by Gasteiger charge is -2.17. The third-order valence-corrected chi connectivity index (χ3v) is 3.51. The normalized spacial score (nSPS) is 12.2. The van der Waals surface area contributed by atoms with Crippen molar-refractivity contribution < 1.29 is 9.84 Å². The Hall–Kier alpha value is -2.00. The maximum absolute atomic E-state index is 9.76. The van der Waals surface area contributed by atoms with Crippen LogP contribution in [0.15, 0.2) is 42.5 Å². The molecule has 0 saturated heterocycles. The summed E-state index contributed by atoms with van der Waals surface area (Å²) in [4.78, 5) is 0.